The monoisotopic (exact) mass is 401 g/mol. The van der Waals surface area contributed by atoms with E-state index in [4.69, 9.17) is 14.7 Å². The van der Waals surface area contributed by atoms with Crippen molar-refractivity contribution in [3.8, 4) is 5.75 Å². The first kappa shape index (κ1) is 20.0. The summed E-state index contributed by atoms with van der Waals surface area (Å²) < 4.78 is 38.3. The fourth-order valence-electron chi connectivity index (χ4n) is 3.45. The molecule has 0 aromatic carbocycles. The van der Waals surface area contributed by atoms with Crippen molar-refractivity contribution in [2.45, 2.75) is 36.2 Å². The summed E-state index contributed by atoms with van der Waals surface area (Å²) in [6.45, 7) is 0.0377. The van der Waals surface area contributed by atoms with Crippen LogP contribution in [-0.4, -0.2) is 77.2 Å². The summed E-state index contributed by atoms with van der Waals surface area (Å²) in [4.78, 5) is 15.8. The fraction of sp³-hybridized carbons (Fsp3) is 0.625. The third-order valence-corrected chi connectivity index (χ3v) is 7.38. The number of aromatic nitrogens is 1. The summed E-state index contributed by atoms with van der Waals surface area (Å²) in [6.07, 6.45) is 4.03. The molecule has 2 saturated heterocycles. The zero-order chi connectivity index (χ0) is 19.5. The first-order valence-corrected chi connectivity index (χ1v) is 10.2. The molecule has 2 aliphatic heterocycles. The van der Waals surface area contributed by atoms with Crippen LogP contribution in [0.4, 0.5) is 0 Å². The minimum Gasteiger partial charge on any atom is -0.490 e. The molecule has 3 rings (SSSR count). The Balaban J connectivity index is 1.68. The second-order valence-corrected chi connectivity index (χ2v) is 8.75. The molecule has 0 bridgehead atoms. The van der Waals surface area contributed by atoms with Crippen LogP contribution in [0.1, 0.15) is 19.3 Å². The summed E-state index contributed by atoms with van der Waals surface area (Å²) in [7, 11) is -3.98. The molecule has 0 spiro atoms. The minimum absolute atomic E-state index is 0.0420. The van der Waals surface area contributed by atoms with Gasteiger partial charge < -0.3 is 14.6 Å². The van der Waals surface area contributed by atoms with E-state index in [2.05, 4.69) is 4.98 Å². The van der Waals surface area contributed by atoms with Gasteiger partial charge in [0.25, 0.3) is 5.91 Å². The van der Waals surface area contributed by atoms with Crippen LogP contribution >= 0.6 is 0 Å². The molecule has 1 amide bonds. The van der Waals surface area contributed by atoms with E-state index < -0.39 is 33.4 Å². The van der Waals surface area contributed by atoms with Gasteiger partial charge in [-0.05, 0) is 31.4 Å². The first-order valence-electron chi connectivity index (χ1n) is 8.68. The third-order valence-electron chi connectivity index (χ3n) is 4.95. The quantitative estimate of drug-likeness (QED) is 0.434. The summed E-state index contributed by atoms with van der Waals surface area (Å²) in [6, 6.07) is 3.47. The number of nitrogens with zero attached hydrogens (tertiary/aromatic N) is 2. The molecular weight excluding hydrogens is 378 g/mol. The van der Waals surface area contributed by atoms with Crippen molar-refractivity contribution in [3.63, 3.8) is 0 Å². The van der Waals surface area contributed by atoms with E-state index in [0.717, 1.165) is 0 Å². The van der Waals surface area contributed by atoms with E-state index in [-0.39, 0.29) is 32.2 Å². The van der Waals surface area contributed by atoms with E-state index in [0.29, 0.717) is 18.6 Å². The second-order valence-electron chi connectivity index (χ2n) is 6.64. The molecule has 0 aliphatic carbocycles. The summed E-state index contributed by atoms with van der Waals surface area (Å²) in [5.74, 6) is -0.517. The lowest BCUT2D eigenvalue weighted by Crippen LogP contribution is -2.64. The highest BCUT2D eigenvalue weighted by Gasteiger charge is 2.54. The Morgan fingerprint density at radius 2 is 1.96 bits per heavy atom. The van der Waals surface area contributed by atoms with Crippen LogP contribution in [0.3, 0.4) is 0 Å². The molecule has 2 aliphatic rings. The lowest BCUT2D eigenvalue weighted by atomic mass is 9.95. The van der Waals surface area contributed by atoms with Gasteiger partial charge in [0.2, 0.25) is 10.0 Å². The zero-order valence-electron chi connectivity index (χ0n) is 14.7. The third kappa shape index (κ3) is 4.06. The Morgan fingerprint density at radius 1 is 1.30 bits per heavy atom. The van der Waals surface area contributed by atoms with Gasteiger partial charge in [-0.3, -0.25) is 15.0 Å². The number of ether oxygens (including phenoxy) is 2. The Hall–Kier alpha value is -1.79. The van der Waals surface area contributed by atoms with E-state index in [9.17, 15) is 18.3 Å². The molecule has 3 heterocycles. The molecule has 2 unspecified atom stereocenters. The van der Waals surface area contributed by atoms with Gasteiger partial charge in [-0.15, -0.1) is 0 Å². The smallest absolute Gasteiger partial charge is 0.279 e. The van der Waals surface area contributed by atoms with Crippen LogP contribution in [0.15, 0.2) is 24.5 Å². The maximum Gasteiger partial charge on any atom is 0.279 e. The van der Waals surface area contributed by atoms with E-state index in [1.54, 1.807) is 24.5 Å². The van der Waals surface area contributed by atoms with Crippen molar-refractivity contribution >= 4 is 15.9 Å². The minimum atomic E-state index is -3.98. The Bertz CT molecular complexity index is 753. The van der Waals surface area contributed by atoms with E-state index in [1.807, 2.05) is 0 Å². The molecule has 2 fully saturated rings. The van der Waals surface area contributed by atoms with Crippen molar-refractivity contribution in [3.05, 3.63) is 24.5 Å². The van der Waals surface area contributed by atoms with Gasteiger partial charge in [0.15, 0.2) is 5.60 Å². The van der Waals surface area contributed by atoms with Crippen LogP contribution in [0.5, 0.6) is 5.75 Å². The Morgan fingerprint density at radius 3 is 2.59 bits per heavy atom. The number of rotatable bonds is 5. The van der Waals surface area contributed by atoms with Crippen molar-refractivity contribution < 1.29 is 33.0 Å². The highest BCUT2D eigenvalue weighted by molar-refractivity contribution is 7.89. The number of sulfonamides is 1. The lowest BCUT2D eigenvalue weighted by molar-refractivity contribution is -0.161. The Kier molecular flexibility index (Phi) is 5.96. The lowest BCUT2D eigenvalue weighted by Gasteiger charge is -2.41. The standard InChI is InChI=1S/C16H23N3O7S/c20-15(18-22)16(21)11-25-10-5-14(16)27(23,24)19-8-3-13(4-9-19)26-12-1-6-17-7-2-12/h1-2,6-7,13-14,21-22H,3-5,8-11H2,(H,18,20). The molecular formula is C16H23N3O7S. The molecule has 0 radical (unpaired) electrons. The number of carbonyl (C=O) groups excluding carboxylic acids is 1. The number of aliphatic hydroxyl groups is 1. The van der Waals surface area contributed by atoms with Crippen molar-refractivity contribution in [2.75, 3.05) is 26.3 Å². The molecule has 10 nitrogen and oxygen atoms in total. The fourth-order valence-corrected chi connectivity index (χ4v) is 5.59. The van der Waals surface area contributed by atoms with Crippen LogP contribution in [0.2, 0.25) is 0 Å². The molecule has 150 valence electrons. The molecule has 1 aromatic rings. The van der Waals surface area contributed by atoms with Gasteiger partial charge in [-0.1, -0.05) is 0 Å². The summed E-state index contributed by atoms with van der Waals surface area (Å²) in [5.41, 5.74) is -1.000. The number of pyridine rings is 1. The first-order chi connectivity index (χ1) is 12.9. The average Bonchev–Trinajstić information content (AvgIpc) is 2.68. The maximum atomic E-state index is 13.0. The number of piperidine rings is 1. The summed E-state index contributed by atoms with van der Waals surface area (Å²) in [5, 5.41) is 18.1. The molecule has 27 heavy (non-hydrogen) atoms. The highest BCUT2D eigenvalue weighted by Crippen LogP contribution is 2.31. The number of amides is 1. The topological polar surface area (TPSA) is 138 Å². The molecule has 1 aromatic heterocycles. The molecule has 3 N–H and O–H groups in total. The summed E-state index contributed by atoms with van der Waals surface area (Å²) >= 11 is 0. The van der Waals surface area contributed by atoms with Gasteiger partial charge >= 0.3 is 0 Å². The number of hydroxylamine groups is 1. The predicted molar refractivity (Wildman–Crippen MR) is 92.5 cm³/mol. The van der Waals surface area contributed by atoms with Crippen molar-refractivity contribution in [1.82, 2.24) is 14.8 Å². The number of carbonyl (C=O) groups is 1. The molecule has 0 saturated carbocycles. The van der Waals surface area contributed by atoms with Gasteiger partial charge in [-0.25, -0.2) is 18.2 Å². The molecule has 11 heteroatoms. The highest BCUT2D eigenvalue weighted by atomic mass is 32.2. The van der Waals surface area contributed by atoms with Crippen molar-refractivity contribution in [1.29, 1.82) is 0 Å². The van der Waals surface area contributed by atoms with Gasteiger partial charge in [0.1, 0.15) is 17.1 Å². The zero-order valence-corrected chi connectivity index (χ0v) is 15.5. The van der Waals surface area contributed by atoms with Crippen molar-refractivity contribution in [2.24, 2.45) is 0 Å². The Labute approximate surface area is 157 Å². The second kappa shape index (κ2) is 8.07. The van der Waals surface area contributed by atoms with E-state index >= 15 is 0 Å². The van der Waals surface area contributed by atoms with Crippen LogP contribution in [0, 0.1) is 0 Å². The SMILES string of the molecule is O=C(NO)C1(O)COCCC1S(=O)(=O)N1CCC(Oc2ccncc2)CC1. The van der Waals surface area contributed by atoms with E-state index in [1.165, 1.54) is 9.79 Å². The number of hydrogen-bond acceptors (Lipinski definition) is 8. The average molecular weight is 401 g/mol. The van der Waals surface area contributed by atoms with Gasteiger partial charge in [-0.2, -0.15) is 0 Å². The van der Waals surface area contributed by atoms with Crippen LogP contribution in [0.25, 0.3) is 0 Å². The predicted octanol–water partition coefficient (Wildman–Crippen LogP) is -0.720. The maximum absolute atomic E-state index is 13.0. The van der Waals surface area contributed by atoms with Gasteiger partial charge in [0, 0.05) is 32.1 Å². The number of nitrogens with one attached hydrogen (secondary N) is 1. The van der Waals surface area contributed by atoms with Crippen LogP contribution < -0.4 is 10.2 Å². The normalized spacial score (nSPS) is 27.9. The van der Waals surface area contributed by atoms with Crippen LogP contribution in [-0.2, 0) is 19.6 Å². The largest absolute Gasteiger partial charge is 0.490 e. The van der Waals surface area contributed by atoms with Gasteiger partial charge in [0.05, 0.1) is 6.61 Å². The number of hydrogen-bond donors (Lipinski definition) is 3. The molecule has 2 atom stereocenters.